The standard InChI is InChI=1S/C11H14N2O/c1-3-4-10-7-9(8-13-12)5-6-11(10)14-2/h3,5-8H,1,4,12H2,2H3. The highest BCUT2D eigenvalue weighted by Crippen LogP contribution is 2.19. The van der Waals surface area contributed by atoms with Crippen LogP contribution in [0.1, 0.15) is 11.1 Å². The molecule has 1 aromatic carbocycles. The van der Waals surface area contributed by atoms with Gasteiger partial charge in [-0.15, -0.1) is 6.58 Å². The van der Waals surface area contributed by atoms with Gasteiger partial charge in [-0.05, 0) is 35.7 Å². The SMILES string of the molecule is C=CCc1cc(C=NN)ccc1OC. The summed E-state index contributed by atoms with van der Waals surface area (Å²) in [6.45, 7) is 3.69. The zero-order chi connectivity index (χ0) is 10.4. The highest BCUT2D eigenvalue weighted by Gasteiger charge is 2.01. The van der Waals surface area contributed by atoms with E-state index >= 15 is 0 Å². The zero-order valence-corrected chi connectivity index (χ0v) is 8.23. The second-order valence-corrected chi connectivity index (χ2v) is 2.84. The first-order valence-electron chi connectivity index (χ1n) is 4.33. The quantitative estimate of drug-likeness (QED) is 0.340. The maximum atomic E-state index is 5.21. The van der Waals surface area contributed by atoms with Crippen LogP contribution in [0.2, 0.25) is 0 Å². The Kier molecular flexibility index (Phi) is 3.73. The molecule has 0 heterocycles. The number of methoxy groups -OCH3 is 1. The molecule has 74 valence electrons. The molecule has 0 aliphatic heterocycles. The Bertz CT molecular complexity index is 345. The Morgan fingerprint density at radius 2 is 2.36 bits per heavy atom. The number of benzene rings is 1. The van der Waals surface area contributed by atoms with E-state index in [4.69, 9.17) is 10.6 Å². The highest BCUT2D eigenvalue weighted by atomic mass is 16.5. The fourth-order valence-electron chi connectivity index (χ4n) is 1.28. The lowest BCUT2D eigenvalue weighted by Crippen LogP contribution is -1.94. The van der Waals surface area contributed by atoms with Crippen LogP contribution < -0.4 is 10.6 Å². The van der Waals surface area contributed by atoms with Crippen LogP contribution in [0.5, 0.6) is 5.75 Å². The van der Waals surface area contributed by atoms with Crippen LogP contribution >= 0.6 is 0 Å². The van der Waals surface area contributed by atoms with E-state index < -0.39 is 0 Å². The van der Waals surface area contributed by atoms with Crippen molar-refractivity contribution in [3.8, 4) is 5.75 Å². The third-order valence-corrected chi connectivity index (χ3v) is 1.89. The Morgan fingerprint density at radius 3 is 2.93 bits per heavy atom. The average molecular weight is 190 g/mol. The molecule has 0 saturated heterocycles. The van der Waals surface area contributed by atoms with Crippen molar-refractivity contribution >= 4 is 6.21 Å². The number of hydrazone groups is 1. The first-order chi connectivity index (χ1) is 6.81. The zero-order valence-electron chi connectivity index (χ0n) is 8.23. The number of nitrogens with two attached hydrogens (primary N) is 1. The topological polar surface area (TPSA) is 47.6 Å². The smallest absolute Gasteiger partial charge is 0.122 e. The maximum Gasteiger partial charge on any atom is 0.122 e. The van der Waals surface area contributed by atoms with Crippen LogP contribution in [0.3, 0.4) is 0 Å². The van der Waals surface area contributed by atoms with E-state index in [1.165, 1.54) is 0 Å². The first-order valence-corrected chi connectivity index (χ1v) is 4.33. The normalized spacial score (nSPS) is 10.4. The number of allylic oxidation sites excluding steroid dienone is 1. The molecule has 0 aliphatic carbocycles. The summed E-state index contributed by atoms with van der Waals surface area (Å²) in [7, 11) is 1.65. The number of rotatable bonds is 4. The molecular weight excluding hydrogens is 176 g/mol. The van der Waals surface area contributed by atoms with Gasteiger partial charge in [-0.25, -0.2) is 0 Å². The molecule has 1 rings (SSSR count). The Balaban J connectivity index is 3.06. The minimum Gasteiger partial charge on any atom is -0.496 e. The summed E-state index contributed by atoms with van der Waals surface area (Å²) in [5, 5.41) is 3.47. The van der Waals surface area contributed by atoms with E-state index in [0.29, 0.717) is 0 Å². The third-order valence-electron chi connectivity index (χ3n) is 1.89. The Morgan fingerprint density at radius 1 is 1.57 bits per heavy atom. The molecule has 3 heteroatoms. The molecule has 0 unspecified atom stereocenters. The molecule has 3 nitrogen and oxygen atoms in total. The van der Waals surface area contributed by atoms with Gasteiger partial charge in [0.2, 0.25) is 0 Å². The Labute approximate surface area is 83.9 Å². The van der Waals surface area contributed by atoms with Crippen LogP contribution in [-0.2, 0) is 6.42 Å². The van der Waals surface area contributed by atoms with Crippen molar-refractivity contribution in [1.82, 2.24) is 0 Å². The van der Waals surface area contributed by atoms with Gasteiger partial charge in [-0.1, -0.05) is 6.08 Å². The molecule has 14 heavy (non-hydrogen) atoms. The number of nitrogens with zero attached hydrogens (tertiary/aromatic N) is 1. The van der Waals surface area contributed by atoms with Gasteiger partial charge in [0.1, 0.15) is 5.75 Å². The van der Waals surface area contributed by atoms with Gasteiger partial charge in [0, 0.05) is 0 Å². The van der Waals surface area contributed by atoms with Crippen molar-refractivity contribution in [2.45, 2.75) is 6.42 Å². The van der Waals surface area contributed by atoms with Gasteiger partial charge >= 0.3 is 0 Å². The van der Waals surface area contributed by atoms with E-state index in [2.05, 4.69) is 11.7 Å². The second kappa shape index (κ2) is 5.07. The molecule has 0 spiro atoms. The summed E-state index contributed by atoms with van der Waals surface area (Å²) in [4.78, 5) is 0. The monoisotopic (exact) mass is 190 g/mol. The van der Waals surface area contributed by atoms with E-state index in [1.807, 2.05) is 24.3 Å². The van der Waals surface area contributed by atoms with E-state index in [1.54, 1.807) is 13.3 Å². The predicted molar refractivity (Wildman–Crippen MR) is 58.7 cm³/mol. The van der Waals surface area contributed by atoms with Crippen molar-refractivity contribution in [2.75, 3.05) is 7.11 Å². The molecule has 1 aromatic rings. The van der Waals surface area contributed by atoms with Crippen molar-refractivity contribution in [2.24, 2.45) is 10.9 Å². The van der Waals surface area contributed by atoms with Crippen molar-refractivity contribution in [1.29, 1.82) is 0 Å². The lowest BCUT2D eigenvalue weighted by atomic mass is 10.1. The average Bonchev–Trinajstić information content (AvgIpc) is 2.19. The van der Waals surface area contributed by atoms with E-state index in [-0.39, 0.29) is 0 Å². The highest BCUT2D eigenvalue weighted by molar-refractivity contribution is 5.80. The number of ether oxygens (including phenoxy) is 1. The number of hydrogen-bond donors (Lipinski definition) is 1. The van der Waals surface area contributed by atoms with Crippen molar-refractivity contribution in [3.05, 3.63) is 42.0 Å². The first kappa shape index (κ1) is 10.3. The van der Waals surface area contributed by atoms with Gasteiger partial charge in [0.25, 0.3) is 0 Å². The molecule has 0 bridgehead atoms. The molecule has 0 saturated carbocycles. The lowest BCUT2D eigenvalue weighted by molar-refractivity contribution is 0.410. The minimum absolute atomic E-state index is 0.773. The summed E-state index contributed by atoms with van der Waals surface area (Å²) >= 11 is 0. The van der Waals surface area contributed by atoms with Crippen LogP contribution in [-0.4, -0.2) is 13.3 Å². The third kappa shape index (κ3) is 2.36. The molecule has 0 amide bonds. The molecule has 0 aromatic heterocycles. The van der Waals surface area contributed by atoms with Gasteiger partial charge in [-0.2, -0.15) is 5.10 Å². The maximum absolute atomic E-state index is 5.21. The fourth-order valence-corrected chi connectivity index (χ4v) is 1.28. The second-order valence-electron chi connectivity index (χ2n) is 2.84. The predicted octanol–water partition coefficient (Wildman–Crippen LogP) is 1.72. The summed E-state index contributed by atoms with van der Waals surface area (Å²) in [6, 6.07) is 5.79. The van der Waals surface area contributed by atoms with Crippen molar-refractivity contribution < 1.29 is 4.74 Å². The molecular formula is C11H14N2O. The molecule has 0 radical (unpaired) electrons. The van der Waals surface area contributed by atoms with Crippen LogP contribution in [0.25, 0.3) is 0 Å². The number of hydrogen-bond acceptors (Lipinski definition) is 3. The summed E-state index contributed by atoms with van der Waals surface area (Å²) in [5.74, 6) is 5.93. The fraction of sp³-hybridized carbons (Fsp3) is 0.182. The summed E-state index contributed by atoms with van der Waals surface area (Å²) in [6.07, 6.45) is 4.21. The molecule has 0 atom stereocenters. The van der Waals surface area contributed by atoms with E-state index in [9.17, 15) is 0 Å². The molecule has 2 N–H and O–H groups in total. The van der Waals surface area contributed by atoms with Crippen LogP contribution in [0.15, 0.2) is 36.0 Å². The summed E-state index contributed by atoms with van der Waals surface area (Å²) < 4.78 is 5.21. The summed E-state index contributed by atoms with van der Waals surface area (Å²) in [5.41, 5.74) is 2.05. The van der Waals surface area contributed by atoms with Gasteiger partial charge in [0.05, 0.1) is 13.3 Å². The lowest BCUT2D eigenvalue weighted by Gasteiger charge is -2.06. The van der Waals surface area contributed by atoms with Crippen LogP contribution in [0.4, 0.5) is 0 Å². The van der Waals surface area contributed by atoms with Crippen molar-refractivity contribution in [3.63, 3.8) is 0 Å². The van der Waals surface area contributed by atoms with Gasteiger partial charge in [0.15, 0.2) is 0 Å². The minimum atomic E-state index is 0.773. The van der Waals surface area contributed by atoms with E-state index in [0.717, 1.165) is 23.3 Å². The largest absolute Gasteiger partial charge is 0.496 e. The van der Waals surface area contributed by atoms with Gasteiger partial charge < -0.3 is 10.6 Å². The molecule has 0 fully saturated rings. The van der Waals surface area contributed by atoms with Gasteiger partial charge in [-0.3, -0.25) is 0 Å². The Hall–Kier alpha value is -1.77. The molecule has 0 aliphatic rings. The van der Waals surface area contributed by atoms with Crippen LogP contribution in [0, 0.1) is 0 Å².